The molecule has 0 bridgehead atoms. The Kier molecular flexibility index (Phi) is 2.21. The van der Waals surface area contributed by atoms with Crippen LogP contribution in [-0.4, -0.2) is 22.9 Å². The van der Waals surface area contributed by atoms with Gasteiger partial charge in [0.25, 0.3) is 5.16 Å². The lowest BCUT2D eigenvalue weighted by Crippen LogP contribution is -2.03. The van der Waals surface area contributed by atoms with E-state index in [1.807, 2.05) is 0 Å². The van der Waals surface area contributed by atoms with Gasteiger partial charge in [-0.3, -0.25) is 4.55 Å². The van der Waals surface area contributed by atoms with Gasteiger partial charge in [-0.15, -0.1) is 0 Å². The molecule has 0 unspecified atom stereocenters. The van der Waals surface area contributed by atoms with Crippen LogP contribution in [0.1, 0.15) is 0 Å². The lowest BCUT2D eigenvalue weighted by Gasteiger charge is -1.93. The highest BCUT2D eigenvalue weighted by Gasteiger charge is 2.12. The molecule has 1 heterocycles. The molecule has 5 nitrogen and oxygen atoms in total. The molecule has 0 saturated heterocycles. The van der Waals surface area contributed by atoms with Gasteiger partial charge in [-0.1, -0.05) is 0 Å². The van der Waals surface area contributed by atoms with Crippen LogP contribution in [0.15, 0.2) is 22.0 Å². The smallest absolute Gasteiger partial charge is 0.279 e. The summed E-state index contributed by atoms with van der Waals surface area (Å²) in [6.45, 7) is 0. The monoisotopic (exact) mass is 238 g/mol. The molecule has 1 aromatic heterocycles. The maximum absolute atomic E-state index is 10.4. The topological polar surface area (TPSA) is 80.2 Å². The van der Waals surface area contributed by atoms with Gasteiger partial charge in [0, 0.05) is 6.20 Å². The zero-order valence-corrected chi connectivity index (χ0v) is 7.50. The summed E-state index contributed by atoms with van der Waals surface area (Å²) in [5, 5.41) is -0.605. The highest BCUT2D eigenvalue weighted by Crippen LogP contribution is 2.06. The highest BCUT2D eigenvalue weighted by atomic mass is 79.9. The van der Waals surface area contributed by atoms with Crippen LogP contribution in [0.4, 0.5) is 0 Å². The molecule has 0 saturated carbocycles. The average molecular weight is 239 g/mol. The molecule has 0 aliphatic heterocycles. The molecule has 11 heavy (non-hydrogen) atoms. The minimum atomic E-state index is -4.28. The van der Waals surface area contributed by atoms with E-state index in [-0.39, 0.29) is 0 Å². The molecular formula is C4H3BrN2O3S. The molecule has 60 valence electrons. The number of hydrogen-bond acceptors (Lipinski definition) is 4. The molecule has 1 N–H and O–H groups in total. The first-order valence-corrected chi connectivity index (χ1v) is 4.69. The van der Waals surface area contributed by atoms with E-state index in [0.29, 0.717) is 4.60 Å². The summed E-state index contributed by atoms with van der Waals surface area (Å²) < 4.78 is 29.5. The predicted molar refractivity (Wildman–Crippen MR) is 39.5 cm³/mol. The second-order valence-electron chi connectivity index (χ2n) is 1.64. The van der Waals surface area contributed by atoms with Gasteiger partial charge in [0.1, 0.15) is 4.60 Å². The summed E-state index contributed by atoms with van der Waals surface area (Å²) >= 11 is 2.93. The SMILES string of the molecule is O=S(=O)(O)c1nccc(Br)n1. The van der Waals surface area contributed by atoms with E-state index in [1.54, 1.807) is 0 Å². The van der Waals surface area contributed by atoms with Gasteiger partial charge in [0.2, 0.25) is 0 Å². The van der Waals surface area contributed by atoms with Crippen molar-refractivity contribution in [1.29, 1.82) is 0 Å². The van der Waals surface area contributed by atoms with Crippen LogP contribution in [0.2, 0.25) is 0 Å². The summed E-state index contributed by atoms with van der Waals surface area (Å²) in [4.78, 5) is 6.74. The Morgan fingerprint density at radius 3 is 2.55 bits per heavy atom. The maximum Gasteiger partial charge on any atom is 0.330 e. The molecule has 0 aliphatic rings. The largest absolute Gasteiger partial charge is 0.330 e. The fourth-order valence-corrected chi connectivity index (χ4v) is 1.26. The van der Waals surface area contributed by atoms with Crippen LogP contribution < -0.4 is 0 Å². The molecule has 0 radical (unpaired) electrons. The minimum absolute atomic E-state index is 0.306. The van der Waals surface area contributed by atoms with Crippen molar-refractivity contribution in [2.24, 2.45) is 0 Å². The zero-order valence-electron chi connectivity index (χ0n) is 5.10. The lowest BCUT2D eigenvalue weighted by atomic mass is 10.7. The van der Waals surface area contributed by atoms with Crippen molar-refractivity contribution in [3.05, 3.63) is 16.9 Å². The normalized spacial score (nSPS) is 11.5. The van der Waals surface area contributed by atoms with E-state index in [9.17, 15) is 8.42 Å². The minimum Gasteiger partial charge on any atom is -0.279 e. The summed E-state index contributed by atoms with van der Waals surface area (Å²) in [5.74, 6) is 0. The Labute approximate surface area is 71.4 Å². The van der Waals surface area contributed by atoms with E-state index in [2.05, 4.69) is 25.9 Å². The summed E-state index contributed by atoms with van der Waals surface area (Å²) in [7, 11) is -4.28. The van der Waals surface area contributed by atoms with E-state index < -0.39 is 15.3 Å². The van der Waals surface area contributed by atoms with Crippen molar-refractivity contribution in [3.8, 4) is 0 Å². The third-order valence-corrected chi connectivity index (χ3v) is 1.93. The number of rotatable bonds is 1. The Balaban J connectivity index is 3.28. The molecule has 0 aliphatic carbocycles. The van der Waals surface area contributed by atoms with E-state index in [0.717, 1.165) is 0 Å². The van der Waals surface area contributed by atoms with Gasteiger partial charge in [-0.2, -0.15) is 8.42 Å². The van der Waals surface area contributed by atoms with Crippen LogP contribution in [0.3, 0.4) is 0 Å². The van der Waals surface area contributed by atoms with Crippen LogP contribution in [0.5, 0.6) is 0 Å². The van der Waals surface area contributed by atoms with Gasteiger partial charge in [-0.25, -0.2) is 9.97 Å². The van der Waals surface area contributed by atoms with Crippen molar-refractivity contribution in [2.75, 3.05) is 0 Å². The van der Waals surface area contributed by atoms with E-state index in [4.69, 9.17) is 4.55 Å². The van der Waals surface area contributed by atoms with Gasteiger partial charge in [0.15, 0.2) is 0 Å². The molecule has 1 rings (SSSR count). The van der Waals surface area contributed by atoms with Crippen LogP contribution >= 0.6 is 15.9 Å². The van der Waals surface area contributed by atoms with Gasteiger partial charge in [-0.05, 0) is 22.0 Å². The molecule has 0 atom stereocenters. The fraction of sp³-hybridized carbons (Fsp3) is 0. The van der Waals surface area contributed by atoms with Crippen molar-refractivity contribution in [2.45, 2.75) is 5.16 Å². The lowest BCUT2D eigenvalue weighted by molar-refractivity contribution is 0.473. The van der Waals surface area contributed by atoms with Crippen LogP contribution in [-0.2, 0) is 10.1 Å². The summed E-state index contributed by atoms with van der Waals surface area (Å²) in [6.07, 6.45) is 1.22. The Hall–Kier alpha value is -0.530. The van der Waals surface area contributed by atoms with Gasteiger partial charge in [0.05, 0.1) is 0 Å². The van der Waals surface area contributed by atoms with Crippen LogP contribution in [0.25, 0.3) is 0 Å². The zero-order chi connectivity index (χ0) is 8.48. The van der Waals surface area contributed by atoms with Crippen molar-refractivity contribution < 1.29 is 13.0 Å². The highest BCUT2D eigenvalue weighted by molar-refractivity contribution is 9.10. The first-order valence-electron chi connectivity index (χ1n) is 2.46. The molecule has 0 fully saturated rings. The predicted octanol–water partition coefficient (Wildman–Crippen LogP) is 0.486. The third-order valence-electron chi connectivity index (χ3n) is 0.830. The van der Waals surface area contributed by atoms with E-state index >= 15 is 0 Å². The van der Waals surface area contributed by atoms with Crippen LogP contribution in [0, 0.1) is 0 Å². The molecule has 0 spiro atoms. The molecular weight excluding hydrogens is 236 g/mol. The third kappa shape index (κ3) is 2.21. The molecule has 0 amide bonds. The first-order chi connectivity index (χ1) is 5.00. The quantitative estimate of drug-likeness (QED) is 0.438. The Morgan fingerprint density at radius 2 is 2.18 bits per heavy atom. The standard InChI is InChI=1S/C4H3BrN2O3S/c5-3-1-2-6-4(7-3)11(8,9)10/h1-2H,(H,8,9,10). The molecule has 0 aromatic carbocycles. The average Bonchev–Trinajstić information content (AvgIpc) is 1.86. The number of halogens is 1. The number of hydrogen-bond donors (Lipinski definition) is 1. The molecule has 1 aromatic rings. The first kappa shape index (κ1) is 8.57. The van der Waals surface area contributed by atoms with Crippen molar-refractivity contribution >= 4 is 26.0 Å². The summed E-state index contributed by atoms with van der Waals surface area (Å²) in [6, 6.07) is 1.45. The second-order valence-corrected chi connectivity index (χ2v) is 3.76. The Morgan fingerprint density at radius 1 is 1.55 bits per heavy atom. The van der Waals surface area contributed by atoms with Crippen molar-refractivity contribution in [3.63, 3.8) is 0 Å². The number of nitrogens with zero attached hydrogens (tertiary/aromatic N) is 2. The molecule has 7 heteroatoms. The maximum atomic E-state index is 10.4. The fourth-order valence-electron chi connectivity index (χ4n) is 0.444. The van der Waals surface area contributed by atoms with E-state index in [1.165, 1.54) is 12.3 Å². The summed E-state index contributed by atoms with van der Waals surface area (Å²) in [5.41, 5.74) is 0. The number of aromatic nitrogens is 2. The van der Waals surface area contributed by atoms with Crippen molar-refractivity contribution in [1.82, 2.24) is 9.97 Å². The van der Waals surface area contributed by atoms with Gasteiger partial charge < -0.3 is 0 Å². The Bertz CT molecular complexity index is 363. The second kappa shape index (κ2) is 2.84. The van der Waals surface area contributed by atoms with Gasteiger partial charge >= 0.3 is 10.1 Å².